The van der Waals surface area contributed by atoms with E-state index >= 15 is 0 Å². The van der Waals surface area contributed by atoms with Gasteiger partial charge in [0.25, 0.3) is 0 Å². The molecule has 0 aliphatic carbocycles. The molecule has 4 aromatic carbocycles. The summed E-state index contributed by atoms with van der Waals surface area (Å²) < 4.78 is 9.60. The molecule has 5 rings (SSSR count). The molecule has 1 aromatic heterocycles. The molecule has 0 radical (unpaired) electrons. The minimum atomic E-state index is -0.354. The highest BCUT2D eigenvalue weighted by atomic mass is 35.5. The van der Waals surface area contributed by atoms with Crippen LogP contribution < -0.4 is 0 Å². The van der Waals surface area contributed by atoms with Gasteiger partial charge in [-0.15, -0.1) is 0 Å². The predicted octanol–water partition coefficient (Wildman–Crippen LogP) is 7.16. The Hall–Kier alpha value is -3.32. The Labute approximate surface area is 200 Å². The van der Waals surface area contributed by atoms with Crippen molar-refractivity contribution in [3.8, 4) is 11.4 Å². The van der Waals surface area contributed by atoms with Crippen molar-refractivity contribution in [2.24, 2.45) is 0 Å². The summed E-state index contributed by atoms with van der Waals surface area (Å²) in [6, 6.07) is 27.2. The van der Waals surface area contributed by atoms with Gasteiger partial charge in [-0.3, -0.25) is 0 Å². The fraction of sp³-hybridized carbons (Fsp3) is 0.0769. The van der Waals surface area contributed by atoms with E-state index in [4.69, 9.17) is 20.5 Å². The Morgan fingerprint density at radius 3 is 2.45 bits per heavy atom. The van der Waals surface area contributed by atoms with E-state index in [0.29, 0.717) is 5.56 Å². The molecule has 0 aliphatic heterocycles. The highest BCUT2D eigenvalue weighted by Crippen LogP contribution is 2.28. The number of nitrogens with zero attached hydrogens (tertiary/aromatic N) is 1. The van der Waals surface area contributed by atoms with Crippen molar-refractivity contribution in [3.05, 3.63) is 95.5 Å². The van der Waals surface area contributed by atoms with E-state index in [2.05, 4.69) is 28.2 Å². The first-order valence-electron chi connectivity index (χ1n) is 10.1. The van der Waals surface area contributed by atoms with Crippen LogP contribution in [0.15, 0.2) is 89.8 Å². The number of imidazole rings is 1. The number of halogens is 1. The summed E-state index contributed by atoms with van der Waals surface area (Å²) in [6.45, 7) is 0. The second kappa shape index (κ2) is 10.5. The number of carbonyl (C=O) groups is 1. The number of aromatic amines is 1. The van der Waals surface area contributed by atoms with E-state index < -0.39 is 0 Å². The first kappa shape index (κ1) is 22.9. The van der Waals surface area contributed by atoms with Crippen LogP contribution in [0.25, 0.3) is 33.2 Å². The van der Waals surface area contributed by atoms with Crippen molar-refractivity contribution in [1.29, 1.82) is 0 Å². The topological polar surface area (TPSA) is 64.2 Å². The number of aromatic nitrogens is 2. The van der Waals surface area contributed by atoms with E-state index in [9.17, 15) is 4.79 Å². The van der Waals surface area contributed by atoms with Crippen LogP contribution in [0.2, 0.25) is 5.02 Å². The van der Waals surface area contributed by atoms with Crippen LogP contribution in [-0.2, 0) is 8.92 Å². The van der Waals surface area contributed by atoms with Crippen LogP contribution in [0.3, 0.4) is 0 Å². The molecule has 0 aliphatic rings. The number of nitrogens with one attached hydrogen (secondary N) is 1. The highest BCUT2D eigenvalue weighted by molar-refractivity contribution is 7.94. The minimum Gasteiger partial charge on any atom is -0.465 e. The SMILES string of the molecule is COC(=O)c1ccc2nc(-c3cccc4ccccc34)[nH]c2c1.COSc1ccc(Cl)cc1. The van der Waals surface area contributed by atoms with Crippen LogP contribution in [0.4, 0.5) is 0 Å². The van der Waals surface area contributed by atoms with Crippen molar-refractivity contribution < 1.29 is 13.7 Å². The first-order chi connectivity index (χ1) is 16.1. The average Bonchev–Trinajstić information content (AvgIpc) is 3.28. The lowest BCUT2D eigenvalue weighted by molar-refractivity contribution is 0.0601. The molecule has 0 saturated carbocycles. The van der Waals surface area contributed by atoms with Crippen LogP contribution in [-0.4, -0.2) is 30.2 Å². The normalized spacial score (nSPS) is 10.6. The minimum absolute atomic E-state index is 0.354. The third kappa shape index (κ3) is 5.37. The molecule has 0 unspecified atom stereocenters. The molecule has 7 heteroatoms. The predicted molar refractivity (Wildman–Crippen MR) is 135 cm³/mol. The van der Waals surface area contributed by atoms with Crippen molar-refractivity contribution >= 4 is 51.4 Å². The molecule has 0 bridgehead atoms. The third-order valence-electron chi connectivity index (χ3n) is 4.94. The zero-order valence-corrected chi connectivity index (χ0v) is 19.6. The number of carbonyl (C=O) groups excluding carboxylic acids is 1. The van der Waals surface area contributed by atoms with Gasteiger partial charge in [-0.2, -0.15) is 0 Å². The van der Waals surface area contributed by atoms with Crippen LogP contribution >= 0.6 is 23.6 Å². The van der Waals surface area contributed by atoms with Gasteiger partial charge in [-0.05, 0) is 53.2 Å². The summed E-state index contributed by atoms with van der Waals surface area (Å²) in [5.74, 6) is 0.437. The van der Waals surface area contributed by atoms with Gasteiger partial charge in [0, 0.05) is 27.5 Å². The number of methoxy groups -OCH3 is 1. The van der Waals surface area contributed by atoms with Crippen molar-refractivity contribution in [3.63, 3.8) is 0 Å². The fourth-order valence-corrected chi connectivity index (χ4v) is 3.97. The number of esters is 1. The number of fused-ring (bicyclic) bond motifs is 2. The molecule has 0 fully saturated rings. The number of hydrogen-bond acceptors (Lipinski definition) is 5. The zero-order chi connectivity index (χ0) is 23.2. The molecular weight excluding hydrogens is 456 g/mol. The Morgan fingerprint density at radius 1 is 0.939 bits per heavy atom. The van der Waals surface area contributed by atoms with E-state index in [1.807, 2.05) is 54.6 Å². The number of H-pyrrole nitrogens is 1. The summed E-state index contributed by atoms with van der Waals surface area (Å²) >= 11 is 6.99. The Bertz CT molecular complexity index is 1390. The van der Waals surface area contributed by atoms with E-state index in [1.54, 1.807) is 19.2 Å². The molecule has 33 heavy (non-hydrogen) atoms. The lowest BCUT2D eigenvalue weighted by Gasteiger charge is -2.03. The molecule has 166 valence electrons. The van der Waals surface area contributed by atoms with Gasteiger partial charge in [0.1, 0.15) is 5.82 Å². The summed E-state index contributed by atoms with van der Waals surface area (Å²) in [6.07, 6.45) is 0. The van der Waals surface area contributed by atoms with Crippen molar-refractivity contribution in [2.45, 2.75) is 4.90 Å². The number of rotatable bonds is 4. The average molecular weight is 477 g/mol. The summed E-state index contributed by atoms with van der Waals surface area (Å²) in [4.78, 5) is 20.7. The molecule has 5 aromatic rings. The second-order valence-electron chi connectivity index (χ2n) is 7.04. The molecule has 0 saturated heterocycles. The number of ether oxygens (including phenoxy) is 1. The molecule has 0 spiro atoms. The lowest BCUT2D eigenvalue weighted by Crippen LogP contribution is -2.00. The second-order valence-corrected chi connectivity index (χ2v) is 8.45. The molecule has 5 nitrogen and oxygen atoms in total. The zero-order valence-electron chi connectivity index (χ0n) is 18.0. The summed E-state index contributed by atoms with van der Waals surface area (Å²) in [5.41, 5.74) is 3.18. The maximum Gasteiger partial charge on any atom is 0.337 e. The maximum absolute atomic E-state index is 11.7. The monoisotopic (exact) mass is 476 g/mol. The largest absolute Gasteiger partial charge is 0.465 e. The molecule has 0 atom stereocenters. The molecule has 1 heterocycles. The van der Waals surface area contributed by atoms with Crippen LogP contribution in [0, 0.1) is 0 Å². The number of benzene rings is 4. The van der Waals surface area contributed by atoms with Gasteiger partial charge in [-0.1, -0.05) is 54.1 Å². The van der Waals surface area contributed by atoms with E-state index in [-0.39, 0.29) is 5.97 Å². The van der Waals surface area contributed by atoms with Gasteiger partial charge in [0.15, 0.2) is 0 Å². The Kier molecular flexibility index (Phi) is 7.29. The van der Waals surface area contributed by atoms with Gasteiger partial charge in [0.2, 0.25) is 0 Å². The molecular formula is C26H21ClN2O3S. The van der Waals surface area contributed by atoms with Crippen molar-refractivity contribution in [1.82, 2.24) is 9.97 Å². The highest BCUT2D eigenvalue weighted by Gasteiger charge is 2.11. The van der Waals surface area contributed by atoms with E-state index in [0.717, 1.165) is 37.7 Å². The molecule has 0 amide bonds. The van der Waals surface area contributed by atoms with Gasteiger partial charge >= 0.3 is 5.97 Å². The quantitative estimate of drug-likeness (QED) is 0.220. The number of hydrogen-bond donors (Lipinski definition) is 1. The smallest absolute Gasteiger partial charge is 0.337 e. The first-order valence-corrected chi connectivity index (χ1v) is 11.2. The van der Waals surface area contributed by atoms with Gasteiger partial charge < -0.3 is 13.9 Å². The van der Waals surface area contributed by atoms with Crippen molar-refractivity contribution in [2.75, 3.05) is 14.2 Å². The van der Waals surface area contributed by atoms with Crippen LogP contribution in [0.5, 0.6) is 0 Å². The van der Waals surface area contributed by atoms with Crippen LogP contribution in [0.1, 0.15) is 10.4 Å². The maximum atomic E-state index is 11.7. The fourth-order valence-electron chi connectivity index (χ4n) is 3.40. The van der Waals surface area contributed by atoms with Gasteiger partial charge in [0.05, 0.1) is 30.8 Å². The Balaban J connectivity index is 0.000000219. The summed E-state index contributed by atoms with van der Waals surface area (Å²) in [5, 5.41) is 3.06. The van der Waals surface area contributed by atoms with E-state index in [1.165, 1.54) is 24.5 Å². The Morgan fingerprint density at radius 2 is 1.70 bits per heavy atom. The lowest BCUT2D eigenvalue weighted by atomic mass is 10.0. The molecule has 1 N–H and O–H groups in total. The van der Waals surface area contributed by atoms with Gasteiger partial charge in [-0.25, -0.2) is 9.78 Å². The standard InChI is InChI=1S/C19H14N2O2.C7H7ClOS/c1-23-19(22)13-9-10-16-17(11-13)21-18(20-16)15-8-4-6-12-5-2-3-7-14(12)15;1-9-10-7-4-2-6(8)3-5-7/h2-11H,1H3,(H,20,21);2-5H,1H3. The summed E-state index contributed by atoms with van der Waals surface area (Å²) in [7, 11) is 3.01. The third-order valence-corrected chi connectivity index (χ3v) is 5.82.